The van der Waals surface area contributed by atoms with Crippen molar-refractivity contribution in [2.75, 3.05) is 18.8 Å². The average molecular weight is 311 g/mol. The molecular formula is C16H17N5O2. The van der Waals surface area contributed by atoms with Crippen LogP contribution in [0.3, 0.4) is 0 Å². The van der Waals surface area contributed by atoms with Gasteiger partial charge in [0.15, 0.2) is 5.76 Å². The van der Waals surface area contributed by atoms with E-state index in [0.29, 0.717) is 18.3 Å². The van der Waals surface area contributed by atoms with Gasteiger partial charge in [-0.3, -0.25) is 4.79 Å². The van der Waals surface area contributed by atoms with Crippen LogP contribution in [0.5, 0.6) is 0 Å². The Morgan fingerprint density at radius 2 is 2.30 bits per heavy atom. The molecule has 0 spiro atoms. The van der Waals surface area contributed by atoms with Gasteiger partial charge in [-0.25, -0.2) is 9.50 Å². The summed E-state index contributed by atoms with van der Waals surface area (Å²) in [5.74, 6) is 0.851. The van der Waals surface area contributed by atoms with E-state index < -0.39 is 0 Å². The van der Waals surface area contributed by atoms with Crippen LogP contribution in [0, 0.1) is 0 Å². The Kier molecular flexibility index (Phi) is 3.25. The quantitative estimate of drug-likeness (QED) is 0.781. The molecule has 1 atom stereocenters. The number of furan rings is 1. The Bertz CT molecular complexity index is 839. The smallest absolute Gasteiger partial charge is 0.289 e. The van der Waals surface area contributed by atoms with E-state index in [1.54, 1.807) is 22.8 Å². The number of fused-ring (bicyclic) bond motifs is 1. The summed E-state index contributed by atoms with van der Waals surface area (Å²) in [6.45, 7) is 1.36. The third-order valence-electron chi connectivity index (χ3n) is 4.29. The molecule has 4 heterocycles. The third-order valence-corrected chi connectivity index (χ3v) is 4.29. The maximum atomic E-state index is 12.4. The number of carbonyl (C=O) groups is 1. The highest BCUT2D eigenvalue weighted by molar-refractivity contribution is 5.91. The molecule has 1 fully saturated rings. The van der Waals surface area contributed by atoms with Crippen molar-refractivity contribution < 1.29 is 9.21 Å². The van der Waals surface area contributed by atoms with E-state index in [1.165, 1.54) is 6.26 Å². The lowest BCUT2D eigenvalue weighted by Crippen LogP contribution is -2.39. The van der Waals surface area contributed by atoms with Crippen molar-refractivity contribution in [3.8, 4) is 0 Å². The molecule has 2 N–H and O–H groups in total. The first-order valence-corrected chi connectivity index (χ1v) is 7.65. The first-order valence-electron chi connectivity index (χ1n) is 7.65. The molecule has 1 saturated heterocycles. The Balaban J connectivity index is 1.60. The fraction of sp³-hybridized carbons (Fsp3) is 0.312. The molecule has 0 aromatic carbocycles. The van der Waals surface area contributed by atoms with Crippen LogP contribution in [-0.2, 0) is 0 Å². The molecular weight excluding hydrogens is 294 g/mol. The second-order valence-corrected chi connectivity index (χ2v) is 5.77. The van der Waals surface area contributed by atoms with Crippen LogP contribution in [0.25, 0.3) is 5.52 Å². The number of hydrogen-bond donors (Lipinski definition) is 1. The van der Waals surface area contributed by atoms with Gasteiger partial charge in [-0.15, -0.1) is 0 Å². The maximum absolute atomic E-state index is 12.4. The summed E-state index contributed by atoms with van der Waals surface area (Å²) >= 11 is 0. The Morgan fingerprint density at radius 1 is 1.39 bits per heavy atom. The van der Waals surface area contributed by atoms with Crippen molar-refractivity contribution >= 4 is 17.4 Å². The van der Waals surface area contributed by atoms with Crippen LogP contribution in [0.4, 0.5) is 5.95 Å². The molecule has 3 aromatic heterocycles. The number of anilines is 1. The van der Waals surface area contributed by atoms with E-state index in [0.717, 1.165) is 30.6 Å². The number of aromatic nitrogens is 3. The van der Waals surface area contributed by atoms with Gasteiger partial charge in [0, 0.05) is 19.0 Å². The summed E-state index contributed by atoms with van der Waals surface area (Å²) in [6, 6.07) is 7.32. The lowest BCUT2D eigenvalue weighted by Gasteiger charge is -2.32. The van der Waals surface area contributed by atoms with E-state index in [9.17, 15) is 4.79 Å². The van der Waals surface area contributed by atoms with Gasteiger partial charge >= 0.3 is 0 Å². The molecule has 0 radical (unpaired) electrons. The third kappa shape index (κ3) is 2.44. The van der Waals surface area contributed by atoms with Crippen LogP contribution >= 0.6 is 0 Å². The lowest BCUT2D eigenvalue weighted by atomic mass is 9.94. The largest absolute Gasteiger partial charge is 0.459 e. The number of nitrogen functional groups attached to an aromatic ring is 1. The zero-order valence-electron chi connectivity index (χ0n) is 12.6. The predicted molar refractivity (Wildman–Crippen MR) is 84.0 cm³/mol. The van der Waals surface area contributed by atoms with Crippen LogP contribution in [0.15, 0.2) is 41.1 Å². The summed E-state index contributed by atoms with van der Waals surface area (Å²) in [5.41, 5.74) is 7.80. The van der Waals surface area contributed by atoms with Crippen molar-refractivity contribution in [3.05, 3.63) is 48.2 Å². The van der Waals surface area contributed by atoms with E-state index in [4.69, 9.17) is 10.2 Å². The molecule has 23 heavy (non-hydrogen) atoms. The Morgan fingerprint density at radius 3 is 3.13 bits per heavy atom. The molecule has 7 heteroatoms. The predicted octanol–water partition coefficient (Wildman–Crippen LogP) is 1.92. The first kappa shape index (κ1) is 13.8. The summed E-state index contributed by atoms with van der Waals surface area (Å²) in [4.78, 5) is 18.7. The highest BCUT2D eigenvalue weighted by Crippen LogP contribution is 2.28. The lowest BCUT2D eigenvalue weighted by molar-refractivity contribution is 0.0674. The number of hydrogen-bond acceptors (Lipinski definition) is 5. The van der Waals surface area contributed by atoms with Crippen LogP contribution in [0.1, 0.15) is 35.0 Å². The van der Waals surface area contributed by atoms with Gasteiger partial charge in [-0.1, -0.05) is 0 Å². The van der Waals surface area contributed by atoms with E-state index in [2.05, 4.69) is 10.1 Å². The topological polar surface area (TPSA) is 89.7 Å². The number of piperidine rings is 1. The SMILES string of the molecule is Nc1nc([C@H]2CCCN(C(=O)c3ccco3)C2)cc2ccnn12. The zero-order chi connectivity index (χ0) is 15.8. The minimum atomic E-state index is -0.0712. The molecule has 0 aliphatic carbocycles. The molecule has 3 aromatic rings. The number of nitrogens with two attached hydrogens (primary N) is 1. The Hall–Kier alpha value is -2.83. The Labute approximate surface area is 132 Å². The molecule has 1 amide bonds. The molecule has 4 rings (SSSR count). The maximum Gasteiger partial charge on any atom is 0.289 e. The minimum absolute atomic E-state index is 0.0712. The molecule has 0 saturated carbocycles. The van der Waals surface area contributed by atoms with Gasteiger partial charge in [-0.05, 0) is 37.1 Å². The van der Waals surface area contributed by atoms with Crippen molar-refractivity contribution in [2.24, 2.45) is 0 Å². The normalized spacial score (nSPS) is 18.4. The van der Waals surface area contributed by atoms with Gasteiger partial charge in [0.05, 0.1) is 23.7 Å². The first-order chi connectivity index (χ1) is 11.2. The summed E-state index contributed by atoms with van der Waals surface area (Å²) in [7, 11) is 0. The van der Waals surface area contributed by atoms with Crippen LogP contribution in [-0.4, -0.2) is 38.5 Å². The number of likely N-dealkylation sites (tertiary alicyclic amines) is 1. The fourth-order valence-electron chi connectivity index (χ4n) is 3.15. The number of carbonyl (C=O) groups excluding carboxylic acids is 1. The second-order valence-electron chi connectivity index (χ2n) is 5.77. The van der Waals surface area contributed by atoms with Gasteiger partial charge in [0.25, 0.3) is 5.91 Å². The van der Waals surface area contributed by atoms with Crippen molar-refractivity contribution in [1.82, 2.24) is 19.5 Å². The van der Waals surface area contributed by atoms with Crippen LogP contribution in [0.2, 0.25) is 0 Å². The summed E-state index contributed by atoms with van der Waals surface area (Å²) in [5, 5.41) is 4.13. The van der Waals surface area contributed by atoms with E-state index in [1.807, 2.05) is 17.0 Å². The van der Waals surface area contributed by atoms with Crippen molar-refractivity contribution in [2.45, 2.75) is 18.8 Å². The average Bonchev–Trinajstić information content (AvgIpc) is 3.25. The standard InChI is InChI=1S/C16H17N5O2/c17-16-19-13(9-12-5-6-18-21(12)16)11-3-1-7-20(10-11)15(22)14-4-2-8-23-14/h2,4-6,8-9,11H,1,3,7,10H2,(H2,17,19)/t11-/m0/s1. The number of nitrogens with zero attached hydrogens (tertiary/aromatic N) is 4. The van der Waals surface area contributed by atoms with Crippen molar-refractivity contribution in [1.29, 1.82) is 0 Å². The second kappa shape index (κ2) is 5.42. The van der Waals surface area contributed by atoms with Crippen molar-refractivity contribution in [3.63, 3.8) is 0 Å². The monoisotopic (exact) mass is 311 g/mol. The number of amides is 1. The summed E-state index contributed by atoms with van der Waals surface area (Å²) < 4.78 is 6.83. The minimum Gasteiger partial charge on any atom is -0.459 e. The van der Waals surface area contributed by atoms with E-state index in [-0.39, 0.29) is 11.8 Å². The summed E-state index contributed by atoms with van der Waals surface area (Å²) in [6.07, 6.45) is 5.14. The van der Waals surface area contributed by atoms with E-state index >= 15 is 0 Å². The van der Waals surface area contributed by atoms with Gasteiger partial charge in [0.1, 0.15) is 0 Å². The molecule has 0 unspecified atom stereocenters. The molecule has 1 aliphatic heterocycles. The highest BCUT2D eigenvalue weighted by Gasteiger charge is 2.28. The highest BCUT2D eigenvalue weighted by atomic mass is 16.3. The fourth-order valence-corrected chi connectivity index (χ4v) is 3.15. The van der Waals surface area contributed by atoms with Gasteiger partial charge < -0.3 is 15.1 Å². The molecule has 1 aliphatic rings. The number of rotatable bonds is 2. The van der Waals surface area contributed by atoms with Gasteiger partial charge in [0.2, 0.25) is 5.95 Å². The molecule has 118 valence electrons. The molecule has 0 bridgehead atoms. The zero-order valence-corrected chi connectivity index (χ0v) is 12.6. The molecule has 7 nitrogen and oxygen atoms in total. The van der Waals surface area contributed by atoms with Crippen LogP contribution < -0.4 is 5.73 Å². The van der Waals surface area contributed by atoms with Gasteiger partial charge in [-0.2, -0.15) is 5.10 Å².